The Balaban J connectivity index is 1.78. The quantitative estimate of drug-likeness (QED) is 0.938. The van der Waals surface area contributed by atoms with E-state index >= 15 is 0 Å². The summed E-state index contributed by atoms with van der Waals surface area (Å²) < 4.78 is 5.88. The number of benzene rings is 2. The predicted molar refractivity (Wildman–Crippen MR) is 79.0 cm³/mol. The third kappa shape index (κ3) is 3.23. The average molecular weight is 283 g/mol. The lowest BCUT2D eigenvalue weighted by Gasteiger charge is -2.18. The van der Waals surface area contributed by atoms with Gasteiger partial charge >= 0.3 is 0 Å². The van der Waals surface area contributed by atoms with Crippen LogP contribution in [0, 0.1) is 0 Å². The molecular weight excluding hydrogens is 266 g/mol. The highest BCUT2D eigenvalue weighted by Crippen LogP contribution is 2.27. The molecule has 0 radical (unpaired) electrons. The van der Waals surface area contributed by atoms with E-state index in [2.05, 4.69) is 0 Å². The fraction of sp³-hybridized carbons (Fsp3) is 0.235. The number of hydrogen-bond acceptors (Lipinski definition) is 3. The molecule has 108 valence electrons. The van der Waals surface area contributed by atoms with Crippen LogP contribution >= 0.6 is 0 Å². The second-order valence-electron chi connectivity index (χ2n) is 5.16. The number of rotatable bonds is 4. The van der Waals surface area contributed by atoms with E-state index < -0.39 is 6.10 Å². The van der Waals surface area contributed by atoms with Gasteiger partial charge in [0, 0.05) is 18.7 Å². The number of nitrogens with zero attached hydrogens (tertiary/aromatic N) is 1. The zero-order valence-corrected chi connectivity index (χ0v) is 11.6. The molecule has 1 unspecified atom stereocenters. The molecule has 4 nitrogen and oxygen atoms in total. The Bertz CT molecular complexity index is 627. The van der Waals surface area contributed by atoms with Crippen molar-refractivity contribution < 1.29 is 14.6 Å². The Kier molecular flexibility index (Phi) is 3.88. The number of hydrogen-bond donors (Lipinski definition) is 1. The molecular formula is C17H17NO3. The van der Waals surface area contributed by atoms with E-state index in [4.69, 9.17) is 4.74 Å². The number of carbonyl (C=O) groups is 1. The van der Waals surface area contributed by atoms with E-state index in [1.165, 1.54) is 0 Å². The second-order valence-corrected chi connectivity index (χ2v) is 5.16. The van der Waals surface area contributed by atoms with E-state index in [0.717, 1.165) is 17.1 Å². The number of ether oxygens (including phenoxy) is 1. The van der Waals surface area contributed by atoms with Crippen molar-refractivity contribution in [1.82, 2.24) is 4.90 Å². The Morgan fingerprint density at radius 2 is 1.81 bits per heavy atom. The molecule has 21 heavy (non-hydrogen) atoms. The van der Waals surface area contributed by atoms with Crippen LogP contribution in [0.25, 0.3) is 0 Å². The molecule has 3 rings (SSSR count). The van der Waals surface area contributed by atoms with Crippen molar-refractivity contribution in [2.24, 2.45) is 0 Å². The van der Waals surface area contributed by atoms with Crippen molar-refractivity contribution in [3.05, 3.63) is 60.2 Å². The predicted octanol–water partition coefficient (Wildman–Crippen LogP) is 2.57. The highest BCUT2D eigenvalue weighted by Gasteiger charge is 2.28. The van der Waals surface area contributed by atoms with Crippen LogP contribution < -0.4 is 4.74 Å². The topological polar surface area (TPSA) is 49.8 Å². The van der Waals surface area contributed by atoms with E-state index in [1.807, 2.05) is 54.6 Å². The van der Waals surface area contributed by atoms with Crippen LogP contribution in [0.3, 0.4) is 0 Å². The van der Waals surface area contributed by atoms with Crippen molar-refractivity contribution in [2.75, 3.05) is 6.54 Å². The van der Waals surface area contributed by atoms with Gasteiger partial charge in [0.15, 0.2) is 0 Å². The summed E-state index contributed by atoms with van der Waals surface area (Å²) in [5, 5.41) is 9.56. The molecule has 2 aromatic carbocycles. The maximum atomic E-state index is 11.8. The molecule has 1 atom stereocenters. The fourth-order valence-electron chi connectivity index (χ4n) is 2.46. The molecule has 0 bridgehead atoms. The van der Waals surface area contributed by atoms with E-state index in [1.54, 1.807) is 4.90 Å². The first-order chi connectivity index (χ1) is 10.2. The molecule has 1 aliphatic heterocycles. The first kappa shape index (κ1) is 13.6. The molecule has 1 amide bonds. The van der Waals surface area contributed by atoms with Crippen molar-refractivity contribution >= 4 is 5.91 Å². The monoisotopic (exact) mass is 283 g/mol. The van der Waals surface area contributed by atoms with Gasteiger partial charge < -0.3 is 14.7 Å². The molecule has 0 aromatic heterocycles. The highest BCUT2D eigenvalue weighted by molar-refractivity contribution is 5.79. The Hall–Kier alpha value is -2.33. The maximum absolute atomic E-state index is 11.8. The number of aliphatic hydroxyl groups is 1. The molecule has 4 heteroatoms. The summed E-state index contributed by atoms with van der Waals surface area (Å²) >= 11 is 0. The van der Waals surface area contributed by atoms with Gasteiger partial charge in [-0.1, -0.05) is 36.4 Å². The number of carbonyl (C=O) groups excluding carboxylic acids is 1. The molecule has 1 saturated heterocycles. The summed E-state index contributed by atoms with van der Waals surface area (Å²) in [6.07, 6.45) is -0.346. The first-order valence-electron chi connectivity index (χ1n) is 6.99. The van der Waals surface area contributed by atoms with Gasteiger partial charge in [0.25, 0.3) is 0 Å². The van der Waals surface area contributed by atoms with Crippen molar-refractivity contribution in [2.45, 2.75) is 19.1 Å². The summed E-state index contributed by atoms with van der Waals surface area (Å²) in [5.41, 5.74) is 0.934. The summed E-state index contributed by atoms with van der Waals surface area (Å²) in [5.74, 6) is 1.48. The second kappa shape index (κ2) is 5.97. The van der Waals surface area contributed by atoms with Crippen molar-refractivity contribution in [3.63, 3.8) is 0 Å². The van der Waals surface area contributed by atoms with Gasteiger partial charge in [-0.2, -0.15) is 0 Å². The van der Waals surface area contributed by atoms with Gasteiger partial charge in [0.1, 0.15) is 11.5 Å². The van der Waals surface area contributed by atoms with E-state index in [-0.39, 0.29) is 12.3 Å². The summed E-state index contributed by atoms with van der Waals surface area (Å²) in [7, 11) is 0. The van der Waals surface area contributed by atoms with Gasteiger partial charge in [0.05, 0.1) is 12.5 Å². The molecule has 1 N–H and O–H groups in total. The number of β-amino-alcohol motifs (C(OH)–C–C–N with tert-alkyl or cyclic N) is 1. The van der Waals surface area contributed by atoms with Crippen LogP contribution in [0.4, 0.5) is 0 Å². The molecule has 0 spiro atoms. The van der Waals surface area contributed by atoms with Gasteiger partial charge in [-0.15, -0.1) is 0 Å². The minimum absolute atomic E-state index is 0.0167. The number of amides is 1. The van der Waals surface area contributed by atoms with E-state index in [9.17, 15) is 9.90 Å². The zero-order chi connectivity index (χ0) is 14.7. The fourth-order valence-corrected chi connectivity index (χ4v) is 2.46. The standard InChI is InChI=1S/C17H17NO3/c19-14-10-17(20)18(12-14)11-13-6-4-5-9-16(13)21-15-7-2-1-3-8-15/h1-9,14,19H,10-12H2. The normalized spacial score (nSPS) is 18.0. The van der Waals surface area contributed by atoms with Crippen LogP contribution in [0.5, 0.6) is 11.5 Å². The third-order valence-electron chi connectivity index (χ3n) is 3.50. The molecule has 1 aliphatic rings. The minimum atomic E-state index is -0.556. The summed E-state index contributed by atoms with van der Waals surface area (Å²) in [6.45, 7) is 0.845. The number of para-hydroxylation sites is 2. The van der Waals surface area contributed by atoms with Crippen LogP contribution in [0.15, 0.2) is 54.6 Å². The Labute approximate surface area is 123 Å². The van der Waals surface area contributed by atoms with E-state index in [0.29, 0.717) is 13.1 Å². The lowest BCUT2D eigenvalue weighted by molar-refractivity contribution is -0.128. The van der Waals surface area contributed by atoms with Crippen LogP contribution in [0.2, 0.25) is 0 Å². The lowest BCUT2D eigenvalue weighted by Crippen LogP contribution is -2.25. The smallest absolute Gasteiger partial charge is 0.225 e. The summed E-state index contributed by atoms with van der Waals surface area (Å²) in [6, 6.07) is 17.2. The SMILES string of the molecule is O=C1CC(O)CN1Cc1ccccc1Oc1ccccc1. The van der Waals surface area contributed by atoms with Crippen LogP contribution in [-0.2, 0) is 11.3 Å². The summed E-state index contributed by atoms with van der Waals surface area (Å²) in [4.78, 5) is 13.4. The molecule has 1 heterocycles. The first-order valence-corrected chi connectivity index (χ1v) is 6.99. The van der Waals surface area contributed by atoms with Crippen LogP contribution in [0.1, 0.15) is 12.0 Å². The number of likely N-dealkylation sites (tertiary alicyclic amines) is 1. The van der Waals surface area contributed by atoms with Crippen molar-refractivity contribution in [1.29, 1.82) is 0 Å². The lowest BCUT2D eigenvalue weighted by atomic mass is 10.2. The molecule has 0 aliphatic carbocycles. The molecule has 1 fully saturated rings. The third-order valence-corrected chi connectivity index (χ3v) is 3.50. The molecule has 2 aromatic rings. The minimum Gasteiger partial charge on any atom is -0.457 e. The maximum Gasteiger partial charge on any atom is 0.225 e. The van der Waals surface area contributed by atoms with Gasteiger partial charge in [0.2, 0.25) is 5.91 Å². The van der Waals surface area contributed by atoms with Gasteiger partial charge in [-0.3, -0.25) is 4.79 Å². The van der Waals surface area contributed by atoms with Gasteiger partial charge in [-0.05, 0) is 18.2 Å². The van der Waals surface area contributed by atoms with Gasteiger partial charge in [-0.25, -0.2) is 0 Å². The van der Waals surface area contributed by atoms with Crippen molar-refractivity contribution in [3.8, 4) is 11.5 Å². The Morgan fingerprint density at radius 1 is 1.10 bits per heavy atom. The zero-order valence-electron chi connectivity index (χ0n) is 11.6. The Morgan fingerprint density at radius 3 is 2.52 bits per heavy atom. The number of aliphatic hydroxyl groups excluding tert-OH is 1. The highest BCUT2D eigenvalue weighted by atomic mass is 16.5. The largest absolute Gasteiger partial charge is 0.457 e. The average Bonchev–Trinajstić information content (AvgIpc) is 2.80. The van der Waals surface area contributed by atoms with Crippen LogP contribution in [-0.4, -0.2) is 28.6 Å². The molecule has 0 saturated carbocycles.